The molecule has 1 spiro atoms. The lowest BCUT2D eigenvalue weighted by atomic mass is 9.73. The number of hydrogen-bond donors (Lipinski definition) is 3. The second-order valence-electron chi connectivity index (χ2n) is 9.66. The van der Waals surface area contributed by atoms with Crippen LogP contribution in [0.1, 0.15) is 5.56 Å². The number of methoxy groups -OCH3 is 1. The second kappa shape index (κ2) is 9.50. The lowest BCUT2D eigenvalue weighted by Crippen LogP contribution is -2.71. The first kappa shape index (κ1) is 23.6. The van der Waals surface area contributed by atoms with E-state index >= 15 is 0 Å². The molecule has 9 heteroatoms. The number of amides is 1. The summed E-state index contributed by atoms with van der Waals surface area (Å²) in [7, 11) is 3.84. The molecule has 0 atom stereocenters. The van der Waals surface area contributed by atoms with Crippen molar-refractivity contribution in [2.75, 3.05) is 61.2 Å². The molecule has 186 valence electrons. The van der Waals surface area contributed by atoms with E-state index in [0.717, 1.165) is 41.5 Å². The summed E-state index contributed by atoms with van der Waals surface area (Å²) >= 11 is 0. The van der Waals surface area contributed by atoms with Crippen LogP contribution in [0.5, 0.6) is 5.75 Å². The van der Waals surface area contributed by atoms with Crippen LogP contribution in [0.15, 0.2) is 61.3 Å². The Hall–Kier alpha value is -4.11. The lowest BCUT2D eigenvalue weighted by Gasteiger charge is -2.60. The maximum atomic E-state index is 11.6. The molecule has 2 fully saturated rings. The molecule has 1 aromatic heterocycles. The Morgan fingerprint density at radius 2 is 1.89 bits per heavy atom. The highest BCUT2D eigenvalue weighted by atomic mass is 16.5. The lowest BCUT2D eigenvalue weighted by molar-refractivity contribution is -0.111. The predicted molar refractivity (Wildman–Crippen MR) is 144 cm³/mol. The van der Waals surface area contributed by atoms with E-state index in [4.69, 9.17) is 4.74 Å². The summed E-state index contributed by atoms with van der Waals surface area (Å²) in [5, 5.41) is 9.36. The van der Waals surface area contributed by atoms with E-state index in [0.29, 0.717) is 22.9 Å². The van der Waals surface area contributed by atoms with Crippen LogP contribution in [0.3, 0.4) is 0 Å². The Kier molecular flexibility index (Phi) is 6.24. The summed E-state index contributed by atoms with van der Waals surface area (Å²) in [5.41, 5.74) is 4.76. The van der Waals surface area contributed by atoms with E-state index in [1.54, 1.807) is 13.3 Å². The van der Waals surface area contributed by atoms with E-state index in [1.807, 2.05) is 37.3 Å². The van der Waals surface area contributed by atoms with E-state index in [2.05, 4.69) is 61.5 Å². The molecule has 0 aliphatic carbocycles. The predicted octanol–water partition coefficient (Wildman–Crippen LogP) is 4.16. The highest BCUT2D eigenvalue weighted by molar-refractivity contribution is 5.99. The first-order chi connectivity index (χ1) is 17.4. The summed E-state index contributed by atoms with van der Waals surface area (Å²) < 4.78 is 5.68. The van der Waals surface area contributed by atoms with Crippen molar-refractivity contribution in [3.05, 3.63) is 66.9 Å². The van der Waals surface area contributed by atoms with Crippen molar-refractivity contribution >= 4 is 40.4 Å². The van der Waals surface area contributed by atoms with Gasteiger partial charge in [0.05, 0.1) is 12.8 Å². The van der Waals surface area contributed by atoms with Crippen molar-refractivity contribution in [3.63, 3.8) is 0 Å². The number of rotatable bonds is 8. The van der Waals surface area contributed by atoms with Crippen LogP contribution in [0.4, 0.5) is 34.5 Å². The maximum absolute atomic E-state index is 11.6. The van der Waals surface area contributed by atoms with Crippen LogP contribution in [-0.4, -0.2) is 61.1 Å². The Labute approximate surface area is 211 Å². The van der Waals surface area contributed by atoms with Crippen molar-refractivity contribution in [1.29, 1.82) is 0 Å². The Bertz CT molecular complexity index is 1300. The Balaban J connectivity index is 1.29. The summed E-state index contributed by atoms with van der Waals surface area (Å²) in [4.78, 5) is 25.5. The average Bonchev–Trinajstić information content (AvgIpc) is 2.83. The monoisotopic (exact) mass is 485 g/mol. The van der Waals surface area contributed by atoms with Crippen LogP contribution in [-0.2, 0) is 4.79 Å². The molecular weight excluding hydrogens is 454 g/mol. The van der Waals surface area contributed by atoms with Gasteiger partial charge in [-0.3, -0.25) is 4.79 Å². The highest BCUT2D eigenvalue weighted by Crippen LogP contribution is 2.42. The topological polar surface area (TPSA) is 94.6 Å². The first-order valence-corrected chi connectivity index (χ1v) is 11.9. The quantitative estimate of drug-likeness (QED) is 0.410. The van der Waals surface area contributed by atoms with E-state index < -0.39 is 0 Å². The number of benzene rings is 2. The van der Waals surface area contributed by atoms with Gasteiger partial charge in [-0.25, -0.2) is 4.98 Å². The van der Waals surface area contributed by atoms with Crippen LogP contribution < -0.4 is 25.6 Å². The zero-order valence-corrected chi connectivity index (χ0v) is 20.8. The van der Waals surface area contributed by atoms with Crippen molar-refractivity contribution < 1.29 is 9.53 Å². The molecule has 0 unspecified atom stereocenters. The summed E-state index contributed by atoms with van der Waals surface area (Å²) in [6.07, 6.45) is 3.00. The van der Waals surface area contributed by atoms with Gasteiger partial charge in [-0.1, -0.05) is 12.6 Å². The number of likely N-dealkylation sites (tertiary alicyclic amines) is 1. The van der Waals surface area contributed by atoms with Crippen molar-refractivity contribution in [1.82, 2.24) is 14.9 Å². The van der Waals surface area contributed by atoms with Gasteiger partial charge in [0, 0.05) is 66.5 Å². The fourth-order valence-electron chi connectivity index (χ4n) is 4.98. The van der Waals surface area contributed by atoms with E-state index in [-0.39, 0.29) is 5.91 Å². The van der Waals surface area contributed by atoms with Gasteiger partial charge in [0.25, 0.3) is 0 Å². The number of aryl methyl sites for hydroxylation is 1. The minimum absolute atomic E-state index is 0.263. The normalized spacial score (nSPS) is 16.0. The molecule has 36 heavy (non-hydrogen) atoms. The Morgan fingerprint density at radius 1 is 1.11 bits per heavy atom. The third-order valence-electron chi connectivity index (χ3n) is 6.61. The number of anilines is 6. The summed E-state index contributed by atoms with van der Waals surface area (Å²) in [5.74, 6) is 1.59. The second-order valence-corrected chi connectivity index (χ2v) is 9.66. The number of hydrogen-bond acceptors (Lipinski definition) is 8. The first-order valence-electron chi connectivity index (χ1n) is 11.9. The van der Waals surface area contributed by atoms with Gasteiger partial charge in [0.15, 0.2) is 0 Å². The molecular formula is C27H31N7O2. The number of carbonyl (C=O) groups excluding carboxylic acids is 1. The van der Waals surface area contributed by atoms with Gasteiger partial charge >= 0.3 is 0 Å². The molecule has 2 aliphatic rings. The van der Waals surface area contributed by atoms with Gasteiger partial charge in [0.1, 0.15) is 11.6 Å². The van der Waals surface area contributed by atoms with Gasteiger partial charge in [-0.05, 0) is 50.4 Å². The zero-order valence-electron chi connectivity index (χ0n) is 20.8. The standard InChI is InChI=1S/C27H31N7O2/c1-5-24(35)29-19-7-6-8-20(11-19)30-25-18(2)13-28-26(32-25)31-22-10-9-21(12-23(22)36-4)34-16-27(17-34)14-33(3)15-27/h5-13H,1,14-17H2,2-4H3,(H,29,35)(H2,28,30,31,32). The average molecular weight is 486 g/mol. The molecule has 3 heterocycles. The fraction of sp³-hybridized carbons (Fsp3) is 0.296. The van der Waals surface area contributed by atoms with Crippen molar-refractivity contribution in [3.8, 4) is 5.75 Å². The van der Waals surface area contributed by atoms with Crippen LogP contribution >= 0.6 is 0 Å². The van der Waals surface area contributed by atoms with Gasteiger partial charge in [-0.15, -0.1) is 0 Å². The van der Waals surface area contributed by atoms with E-state index in [9.17, 15) is 4.79 Å². The number of ether oxygens (including phenoxy) is 1. The summed E-state index contributed by atoms with van der Waals surface area (Å²) in [6, 6.07) is 13.6. The number of aromatic nitrogens is 2. The molecule has 9 nitrogen and oxygen atoms in total. The highest BCUT2D eigenvalue weighted by Gasteiger charge is 2.50. The molecule has 0 radical (unpaired) electrons. The molecule has 1 amide bonds. The molecule has 2 saturated heterocycles. The largest absolute Gasteiger partial charge is 0.494 e. The maximum Gasteiger partial charge on any atom is 0.247 e. The van der Waals surface area contributed by atoms with Gasteiger partial charge in [-0.2, -0.15) is 4.98 Å². The fourth-order valence-corrected chi connectivity index (χ4v) is 4.98. The van der Waals surface area contributed by atoms with Crippen molar-refractivity contribution in [2.45, 2.75) is 6.92 Å². The third kappa shape index (κ3) is 4.83. The smallest absolute Gasteiger partial charge is 0.247 e. The van der Waals surface area contributed by atoms with Crippen molar-refractivity contribution in [2.24, 2.45) is 5.41 Å². The Morgan fingerprint density at radius 3 is 2.61 bits per heavy atom. The minimum Gasteiger partial charge on any atom is -0.494 e. The van der Waals surface area contributed by atoms with Gasteiger partial charge in [0.2, 0.25) is 11.9 Å². The third-order valence-corrected chi connectivity index (χ3v) is 6.61. The zero-order chi connectivity index (χ0) is 25.3. The molecule has 3 aromatic rings. The molecule has 2 aliphatic heterocycles. The SMILES string of the molecule is C=CC(=O)Nc1cccc(Nc2nc(Nc3ccc(N4CC5(CN(C)C5)C4)cc3OC)ncc2C)c1. The van der Waals surface area contributed by atoms with E-state index in [1.165, 1.54) is 19.2 Å². The molecule has 0 bridgehead atoms. The molecule has 0 saturated carbocycles. The number of nitrogens with one attached hydrogen (secondary N) is 3. The molecule has 5 rings (SSSR count). The van der Waals surface area contributed by atoms with Gasteiger partial charge < -0.3 is 30.5 Å². The molecule has 2 aromatic carbocycles. The molecule has 3 N–H and O–H groups in total. The van der Waals surface area contributed by atoms with Crippen LogP contribution in [0.2, 0.25) is 0 Å². The van der Waals surface area contributed by atoms with Crippen LogP contribution in [0, 0.1) is 12.3 Å². The number of carbonyl (C=O) groups is 1. The number of nitrogens with zero attached hydrogens (tertiary/aromatic N) is 4. The minimum atomic E-state index is -0.263. The summed E-state index contributed by atoms with van der Waals surface area (Å²) in [6.45, 7) is 9.94. The van der Waals surface area contributed by atoms with Crippen LogP contribution in [0.25, 0.3) is 0 Å².